The first kappa shape index (κ1) is 13.4. The van der Waals surface area contributed by atoms with Crippen molar-refractivity contribution in [3.05, 3.63) is 21.4 Å². The molecule has 2 rings (SSSR count). The van der Waals surface area contributed by atoms with E-state index in [1.165, 1.54) is 46.8 Å². The number of unbranched alkanes of at least 4 members (excludes halogenated alkanes) is 3. The van der Waals surface area contributed by atoms with Gasteiger partial charge in [-0.05, 0) is 30.2 Å². The van der Waals surface area contributed by atoms with Gasteiger partial charge in [0.05, 0.1) is 6.10 Å². The summed E-state index contributed by atoms with van der Waals surface area (Å²) in [6, 6.07) is 2.25. The summed E-state index contributed by atoms with van der Waals surface area (Å²) in [7, 11) is 0. The Balaban J connectivity index is 1.86. The highest BCUT2D eigenvalue weighted by Gasteiger charge is 2.17. The van der Waals surface area contributed by atoms with E-state index in [1.807, 2.05) is 23.1 Å². The SMILES string of the molecule is CCCCCCC(O)c1cc2c(s1)CCSC2. The fraction of sp³-hybridized carbons (Fsp3) is 0.714. The largest absolute Gasteiger partial charge is 0.388 e. The fourth-order valence-electron chi connectivity index (χ4n) is 2.24. The minimum Gasteiger partial charge on any atom is -0.388 e. The summed E-state index contributed by atoms with van der Waals surface area (Å²) in [4.78, 5) is 2.72. The van der Waals surface area contributed by atoms with Gasteiger partial charge in [-0.3, -0.25) is 0 Å². The quantitative estimate of drug-likeness (QED) is 0.766. The van der Waals surface area contributed by atoms with Crippen LogP contribution in [0.15, 0.2) is 6.07 Å². The highest BCUT2D eigenvalue weighted by molar-refractivity contribution is 7.98. The number of aliphatic hydroxyl groups is 1. The fourth-order valence-corrected chi connectivity index (χ4v) is 4.64. The molecule has 2 heterocycles. The molecule has 0 saturated carbocycles. The number of aryl methyl sites for hydroxylation is 1. The molecule has 96 valence electrons. The molecule has 1 aliphatic rings. The Morgan fingerprint density at radius 1 is 1.35 bits per heavy atom. The van der Waals surface area contributed by atoms with Gasteiger partial charge in [-0.15, -0.1) is 11.3 Å². The summed E-state index contributed by atoms with van der Waals surface area (Å²) in [6.45, 7) is 2.22. The number of thioether (sulfide) groups is 1. The lowest BCUT2D eigenvalue weighted by molar-refractivity contribution is 0.167. The lowest BCUT2D eigenvalue weighted by Crippen LogP contribution is -1.96. The third-order valence-corrected chi connectivity index (χ3v) is 5.65. The van der Waals surface area contributed by atoms with Crippen LogP contribution in [0.2, 0.25) is 0 Å². The first-order valence-corrected chi connectivity index (χ1v) is 8.65. The van der Waals surface area contributed by atoms with Crippen molar-refractivity contribution in [2.24, 2.45) is 0 Å². The zero-order valence-electron chi connectivity index (χ0n) is 10.6. The van der Waals surface area contributed by atoms with Crippen molar-refractivity contribution < 1.29 is 5.11 Å². The van der Waals surface area contributed by atoms with Gasteiger partial charge in [0.25, 0.3) is 0 Å². The standard InChI is InChI=1S/C14H22OS2/c1-2-3-4-5-6-12(15)14-9-11-10-16-8-7-13(11)17-14/h9,12,15H,2-8,10H2,1H3. The molecule has 0 bridgehead atoms. The molecule has 0 aromatic carbocycles. The van der Waals surface area contributed by atoms with E-state index < -0.39 is 0 Å². The van der Waals surface area contributed by atoms with Crippen LogP contribution in [-0.4, -0.2) is 10.9 Å². The van der Waals surface area contributed by atoms with Crippen molar-refractivity contribution in [2.45, 2.75) is 57.3 Å². The predicted octanol–water partition coefficient (Wildman–Crippen LogP) is 4.54. The molecule has 1 unspecified atom stereocenters. The van der Waals surface area contributed by atoms with Crippen LogP contribution in [0.3, 0.4) is 0 Å². The van der Waals surface area contributed by atoms with E-state index in [0.717, 1.165) is 18.6 Å². The number of thiophene rings is 1. The van der Waals surface area contributed by atoms with Crippen molar-refractivity contribution >= 4 is 23.1 Å². The highest BCUT2D eigenvalue weighted by Crippen LogP contribution is 2.35. The van der Waals surface area contributed by atoms with E-state index in [-0.39, 0.29) is 6.10 Å². The second kappa shape index (κ2) is 6.81. The van der Waals surface area contributed by atoms with Crippen molar-refractivity contribution in [1.29, 1.82) is 0 Å². The lowest BCUT2D eigenvalue weighted by atomic mass is 10.1. The van der Waals surface area contributed by atoms with E-state index in [0.29, 0.717) is 0 Å². The molecule has 3 heteroatoms. The molecular formula is C14H22OS2. The minimum atomic E-state index is -0.215. The number of hydrogen-bond acceptors (Lipinski definition) is 3. The normalized spacial score (nSPS) is 16.8. The molecule has 0 radical (unpaired) electrons. The first-order chi connectivity index (χ1) is 8.31. The molecule has 1 aromatic heterocycles. The molecule has 0 amide bonds. The molecule has 1 nitrogen and oxygen atoms in total. The van der Waals surface area contributed by atoms with Crippen LogP contribution in [0, 0.1) is 0 Å². The molecule has 0 saturated heterocycles. The van der Waals surface area contributed by atoms with Gasteiger partial charge in [0.2, 0.25) is 0 Å². The summed E-state index contributed by atoms with van der Waals surface area (Å²) >= 11 is 3.86. The molecule has 1 N–H and O–H groups in total. The average molecular weight is 270 g/mol. The lowest BCUT2D eigenvalue weighted by Gasteiger charge is -2.08. The van der Waals surface area contributed by atoms with Crippen molar-refractivity contribution in [3.8, 4) is 0 Å². The topological polar surface area (TPSA) is 20.2 Å². The van der Waals surface area contributed by atoms with Gasteiger partial charge in [0.1, 0.15) is 0 Å². The van der Waals surface area contributed by atoms with E-state index in [9.17, 15) is 5.11 Å². The molecule has 0 fully saturated rings. The Labute approximate surface area is 113 Å². The molecule has 1 atom stereocenters. The van der Waals surface area contributed by atoms with Crippen LogP contribution < -0.4 is 0 Å². The van der Waals surface area contributed by atoms with Gasteiger partial charge in [0.15, 0.2) is 0 Å². The van der Waals surface area contributed by atoms with Crippen molar-refractivity contribution in [1.82, 2.24) is 0 Å². The van der Waals surface area contributed by atoms with Crippen LogP contribution in [0.5, 0.6) is 0 Å². The highest BCUT2D eigenvalue weighted by atomic mass is 32.2. The molecular weight excluding hydrogens is 248 g/mol. The third-order valence-electron chi connectivity index (χ3n) is 3.31. The van der Waals surface area contributed by atoms with Crippen molar-refractivity contribution in [2.75, 3.05) is 5.75 Å². The van der Waals surface area contributed by atoms with Gasteiger partial charge < -0.3 is 5.11 Å². The summed E-state index contributed by atoms with van der Waals surface area (Å²) in [5.74, 6) is 2.40. The first-order valence-electron chi connectivity index (χ1n) is 6.68. The number of fused-ring (bicyclic) bond motifs is 1. The van der Waals surface area contributed by atoms with Gasteiger partial charge in [-0.25, -0.2) is 0 Å². The van der Waals surface area contributed by atoms with Crippen LogP contribution >= 0.6 is 23.1 Å². The maximum absolute atomic E-state index is 10.2. The van der Waals surface area contributed by atoms with E-state index >= 15 is 0 Å². The second-order valence-electron chi connectivity index (χ2n) is 4.76. The van der Waals surface area contributed by atoms with Crippen LogP contribution in [0.25, 0.3) is 0 Å². The molecule has 1 aromatic rings. The van der Waals surface area contributed by atoms with Crippen molar-refractivity contribution in [3.63, 3.8) is 0 Å². The maximum atomic E-state index is 10.2. The third kappa shape index (κ3) is 3.73. The number of aliphatic hydroxyl groups excluding tert-OH is 1. The van der Waals surface area contributed by atoms with E-state index in [2.05, 4.69) is 13.0 Å². The Hall–Kier alpha value is 0.01000. The molecule has 0 aliphatic carbocycles. The summed E-state index contributed by atoms with van der Waals surface area (Å²) in [6.07, 6.45) is 6.90. The zero-order chi connectivity index (χ0) is 12.1. The van der Waals surface area contributed by atoms with Crippen LogP contribution in [0.4, 0.5) is 0 Å². The second-order valence-corrected chi connectivity index (χ2v) is 7.04. The van der Waals surface area contributed by atoms with Gasteiger partial charge in [-0.1, -0.05) is 32.6 Å². The van der Waals surface area contributed by atoms with E-state index in [1.54, 1.807) is 0 Å². The zero-order valence-corrected chi connectivity index (χ0v) is 12.2. The predicted molar refractivity (Wildman–Crippen MR) is 77.9 cm³/mol. The monoisotopic (exact) mass is 270 g/mol. The Kier molecular flexibility index (Phi) is 5.39. The Bertz CT molecular complexity index is 322. The maximum Gasteiger partial charge on any atom is 0.0882 e. The molecule has 17 heavy (non-hydrogen) atoms. The summed E-state index contributed by atoms with van der Waals surface area (Å²) < 4.78 is 0. The molecule has 0 spiro atoms. The minimum absolute atomic E-state index is 0.215. The van der Waals surface area contributed by atoms with Crippen LogP contribution in [-0.2, 0) is 12.2 Å². The van der Waals surface area contributed by atoms with Gasteiger partial charge >= 0.3 is 0 Å². The average Bonchev–Trinajstić information content (AvgIpc) is 2.78. The Morgan fingerprint density at radius 2 is 2.24 bits per heavy atom. The number of rotatable bonds is 6. The summed E-state index contributed by atoms with van der Waals surface area (Å²) in [5.41, 5.74) is 1.48. The van der Waals surface area contributed by atoms with Gasteiger partial charge in [-0.2, -0.15) is 11.8 Å². The summed E-state index contributed by atoms with van der Waals surface area (Å²) in [5, 5.41) is 10.2. The van der Waals surface area contributed by atoms with Crippen LogP contribution in [0.1, 0.15) is 60.4 Å². The molecule has 1 aliphatic heterocycles. The van der Waals surface area contributed by atoms with Gasteiger partial charge in [0, 0.05) is 15.5 Å². The van der Waals surface area contributed by atoms with E-state index in [4.69, 9.17) is 0 Å². The number of hydrogen-bond donors (Lipinski definition) is 1. The smallest absolute Gasteiger partial charge is 0.0882 e. The Morgan fingerprint density at radius 3 is 3.00 bits per heavy atom.